The average molecular weight is 418 g/mol. The Bertz CT molecular complexity index is 1200. The lowest BCUT2D eigenvalue weighted by atomic mass is 9.99. The Morgan fingerprint density at radius 3 is 1.21 bits per heavy atom. The molecule has 1 aliphatic carbocycles. The van der Waals surface area contributed by atoms with E-state index in [9.17, 15) is 30.7 Å². The normalized spacial score (nSPS) is 11.8. The number of halogens is 7. The van der Waals surface area contributed by atoms with E-state index in [0.29, 0.717) is 0 Å². The number of benzene rings is 3. The van der Waals surface area contributed by atoms with Crippen LogP contribution in [0.1, 0.15) is 0 Å². The van der Waals surface area contributed by atoms with Gasteiger partial charge in [0, 0.05) is 27.6 Å². The van der Waals surface area contributed by atoms with Gasteiger partial charge in [-0.1, -0.05) is 0 Å². The molecular formula is C19H9F7O3. The molecule has 0 fully saturated rings. The molecule has 10 heteroatoms. The van der Waals surface area contributed by atoms with Gasteiger partial charge in [0.25, 0.3) is 0 Å². The number of fused-ring (bicyclic) bond motifs is 3. The number of methoxy groups -OCH3 is 3. The van der Waals surface area contributed by atoms with Crippen LogP contribution in [0.4, 0.5) is 30.7 Å². The third kappa shape index (κ3) is 2.08. The van der Waals surface area contributed by atoms with Crippen molar-refractivity contribution in [2.24, 2.45) is 0 Å². The molecule has 152 valence electrons. The Balaban J connectivity index is 2.45. The molecule has 0 unspecified atom stereocenters. The second-order valence-electron chi connectivity index (χ2n) is 6.05. The van der Waals surface area contributed by atoms with E-state index in [4.69, 9.17) is 14.2 Å². The van der Waals surface area contributed by atoms with Crippen LogP contribution in [0.25, 0.3) is 33.0 Å². The van der Waals surface area contributed by atoms with E-state index in [-0.39, 0.29) is 0 Å². The van der Waals surface area contributed by atoms with Crippen molar-refractivity contribution in [3.05, 3.63) is 40.7 Å². The number of ether oxygens (including phenoxy) is 3. The summed E-state index contributed by atoms with van der Waals surface area (Å²) in [4.78, 5) is 0. The molecule has 0 aromatic heterocycles. The Labute approximate surface area is 158 Å². The van der Waals surface area contributed by atoms with E-state index < -0.39 is 91.0 Å². The first-order valence-electron chi connectivity index (χ1n) is 7.91. The molecular weight excluding hydrogens is 409 g/mol. The zero-order chi connectivity index (χ0) is 21.4. The molecule has 0 radical (unpaired) electrons. The second-order valence-corrected chi connectivity index (χ2v) is 6.05. The van der Waals surface area contributed by atoms with Gasteiger partial charge in [-0.15, -0.1) is 0 Å². The molecule has 1 aliphatic rings. The first kappa shape index (κ1) is 19.2. The maximum Gasteiger partial charge on any atom is 0.208 e. The number of rotatable bonds is 3. The van der Waals surface area contributed by atoms with Gasteiger partial charge in [-0.25, -0.2) is 22.0 Å². The van der Waals surface area contributed by atoms with Gasteiger partial charge in [0.1, 0.15) is 0 Å². The standard InChI is InChI=1S/C19H9F7O3/c1-27-17-7-4-8(6-5(7)10(20)13(23)14(24)11(6)21)18(28-2)16(26)19(29-3)9(4)12(22)15(17)25/h1-3H3. The predicted molar refractivity (Wildman–Crippen MR) is 87.7 cm³/mol. The van der Waals surface area contributed by atoms with Crippen molar-refractivity contribution in [3.63, 3.8) is 0 Å². The quantitative estimate of drug-likeness (QED) is 0.250. The SMILES string of the molecule is COc1c(F)c(F)c2c(OC)c(F)c(OC)c3c2c1-c1c(F)c(F)c(F)c(F)c1-3. The van der Waals surface area contributed by atoms with Crippen LogP contribution < -0.4 is 14.2 Å². The molecule has 0 saturated carbocycles. The van der Waals surface area contributed by atoms with Crippen molar-refractivity contribution in [3.8, 4) is 39.5 Å². The molecule has 3 nitrogen and oxygen atoms in total. The number of hydrogen-bond acceptors (Lipinski definition) is 3. The van der Waals surface area contributed by atoms with Crippen molar-refractivity contribution >= 4 is 10.8 Å². The second kappa shape index (κ2) is 6.16. The molecule has 0 saturated heterocycles. The highest BCUT2D eigenvalue weighted by Gasteiger charge is 2.42. The van der Waals surface area contributed by atoms with E-state index in [2.05, 4.69) is 0 Å². The monoisotopic (exact) mass is 418 g/mol. The third-order valence-corrected chi connectivity index (χ3v) is 4.82. The summed E-state index contributed by atoms with van der Waals surface area (Å²) < 4.78 is 116. The summed E-state index contributed by atoms with van der Waals surface area (Å²) in [6.45, 7) is 0. The van der Waals surface area contributed by atoms with Crippen LogP contribution in [0.2, 0.25) is 0 Å². The Morgan fingerprint density at radius 1 is 0.379 bits per heavy atom. The molecule has 3 aromatic rings. The molecule has 0 bridgehead atoms. The van der Waals surface area contributed by atoms with Gasteiger partial charge in [-0.05, 0) is 0 Å². The van der Waals surface area contributed by atoms with Crippen molar-refractivity contribution in [2.75, 3.05) is 21.3 Å². The zero-order valence-corrected chi connectivity index (χ0v) is 14.9. The van der Waals surface area contributed by atoms with Gasteiger partial charge in [-0.3, -0.25) is 0 Å². The van der Waals surface area contributed by atoms with Crippen molar-refractivity contribution in [1.82, 2.24) is 0 Å². The van der Waals surface area contributed by atoms with Gasteiger partial charge < -0.3 is 14.2 Å². The minimum atomic E-state index is -2.18. The van der Waals surface area contributed by atoms with Crippen molar-refractivity contribution in [2.45, 2.75) is 0 Å². The Hall–Kier alpha value is -3.17. The molecule has 4 rings (SSSR count). The lowest BCUT2D eigenvalue weighted by molar-refractivity contribution is 0.352. The van der Waals surface area contributed by atoms with E-state index in [1.165, 1.54) is 0 Å². The molecule has 29 heavy (non-hydrogen) atoms. The predicted octanol–water partition coefficient (Wildman–Crippen LogP) is 5.49. The van der Waals surface area contributed by atoms with Crippen LogP contribution in [0.15, 0.2) is 0 Å². The summed E-state index contributed by atoms with van der Waals surface area (Å²) in [6.07, 6.45) is 0. The highest BCUT2D eigenvalue weighted by atomic mass is 19.2. The summed E-state index contributed by atoms with van der Waals surface area (Å²) in [5.74, 6) is -15.3. The van der Waals surface area contributed by atoms with Crippen LogP contribution in [0, 0.1) is 40.7 Å². The van der Waals surface area contributed by atoms with Crippen LogP contribution in [0.3, 0.4) is 0 Å². The van der Waals surface area contributed by atoms with Crippen LogP contribution in [-0.4, -0.2) is 21.3 Å². The van der Waals surface area contributed by atoms with Crippen LogP contribution in [-0.2, 0) is 0 Å². The Kier molecular flexibility index (Phi) is 4.07. The van der Waals surface area contributed by atoms with Crippen molar-refractivity contribution < 1.29 is 44.9 Å². The largest absolute Gasteiger partial charge is 0.493 e. The van der Waals surface area contributed by atoms with Gasteiger partial charge in [-0.2, -0.15) is 8.78 Å². The number of hydrogen-bond donors (Lipinski definition) is 0. The lowest BCUT2D eigenvalue weighted by Crippen LogP contribution is -2.02. The smallest absolute Gasteiger partial charge is 0.208 e. The van der Waals surface area contributed by atoms with Gasteiger partial charge >= 0.3 is 0 Å². The molecule has 0 atom stereocenters. The molecule has 0 spiro atoms. The lowest BCUT2D eigenvalue weighted by Gasteiger charge is -2.16. The Morgan fingerprint density at radius 2 is 0.793 bits per heavy atom. The van der Waals surface area contributed by atoms with Crippen molar-refractivity contribution in [1.29, 1.82) is 0 Å². The first-order chi connectivity index (χ1) is 13.7. The molecule has 0 amide bonds. The zero-order valence-electron chi connectivity index (χ0n) is 14.9. The summed E-state index contributed by atoms with van der Waals surface area (Å²) in [5.41, 5.74) is -3.16. The fourth-order valence-corrected chi connectivity index (χ4v) is 3.72. The fraction of sp³-hybridized carbons (Fsp3) is 0.158. The minimum Gasteiger partial charge on any atom is -0.493 e. The topological polar surface area (TPSA) is 27.7 Å². The van der Waals surface area contributed by atoms with Gasteiger partial charge in [0.15, 0.2) is 46.3 Å². The molecule has 0 aliphatic heterocycles. The summed E-state index contributed by atoms with van der Waals surface area (Å²) >= 11 is 0. The van der Waals surface area contributed by atoms with Gasteiger partial charge in [0.2, 0.25) is 11.6 Å². The maximum atomic E-state index is 14.9. The van der Waals surface area contributed by atoms with Gasteiger partial charge in [0.05, 0.1) is 26.7 Å². The minimum absolute atomic E-state index is 0.478. The fourth-order valence-electron chi connectivity index (χ4n) is 3.72. The van der Waals surface area contributed by atoms with E-state index >= 15 is 0 Å². The summed E-state index contributed by atoms with van der Waals surface area (Å²) in [6, 6.07) is 0. The highest BCUT2D eigenvalue weighted by molar-refractivity contribution is 6.20. The van der Waals surface area contributed by atoms with E-state index in [0.717, 1.165) is 21.3 Å². The summed E-state index contributed by atoms with van der Waals surface area (Å²) in [5, 5.41) is -1.31. The summed E-state index contributed by atoms with van der Waals surface area (Å²) in [7, 11) is 2.82. The van der Waals surface area contributed by atoms with Crippen LogP contribution in [0.5, 0.6) is 17.2 Å². The molecule has 3 aromatic carbocycles. The highest BCUT2D eigenvalue weighted by Crippen LogP contribution is 2.60. The molecule has 0 N–H and O–H groups in total. The van der Waals surface area contributed by atoms with E-state index in [1.54, 1.807) is 0 Å². The maximum absolute atomic E-state index is 14.9. The average Bonchev–Trinajstić information content (AvgIpc) is 3.05. The molecule has 0 heterocycles. The van der Waals surface area contributed by atoms with Crippen LogP contribution >= 0.6 is 0 Å². The van der Waals surface area contributed by atoms with E-state index in [1.807, 2.05) is 0 Å². The third-order valence-electron chi connectivity index (χ3n) is 4.82. The first-order valence-corrected chi connectivity index (χ1v) is 7.91.